The molecule has 33 heavy (non-hydrogen) atoms. The SMILES string of the molecule is CCOC(=O)c1cc2c(ccn2-c2ccc(F)cc2)n1CC(=O)Nc1c(C)cc(C)cc1C. The number of ether oxygens (including phenoxy) is 1. The molecule has 0 aliphatic rings. The van der Waals surface area contributed by atoms with Crippen LogP contribution in [0, 0.1) is 26.6 Å². The summed E-state index contributed by atoms with van der Waals surface area (Å²) in [6, 6.07) is 13.6. The molecule has 1 N–H and O–H groups in total. The van der Waals surface area contributed by atoms with Gasteiger partial charge in [0.25, 0.3) is 0 Å². The number of benzene rings is 2. The molecule has 2 aromatic heterocycles. The Morgan fingerprint density at radius 3 is 2.27 bits per heavy atom. The predicted molar refractivity (Wildman–Crippen MR) is 126 cm³/mol. The molecule has 4 rings (SSSR count). The number of carbonyl (C=O) groups excluding carboxylic acids is 2. The second kappa shape index (κ2) is 8.94. The lowest BCUT2D eigenvalue weighted by atomic mass is 10.1. The quantitative estimate of drug-likeness (QED) is 0.407. The molecule has 4 aromatic rings. The molecule has 0 saturated carbocycles. The van der Waals surface area contributed by atoms with Gasteiger partial charge in [0.05, 0.1) is 17.6 Å². The molecule has 6 nitrogen and oxygen atoms in total. The van der Waals surface area contributed by atoms with E-state index < -0.39 is 5.97 Å². The Labute approximate surface area is 191 Å². The lowest BCUT2D eigenvalue weighted by Crippen LogP contribution is -2.22. The average molecular weight is 448 g/mol. The van der Waals surface area contributed by atoms with Crippen LogP contribution in [0.4, 0.5) is 10.1 Å². The number of hydrogen-bond donors (Lipinski definition) is 1. The molecule has 0 unspecified atom stereocenters. The molecule has 0 aliphatic heterocycles. The molecule has 170 valence electrons. The van der Waals surface area contributed by atoms with E-state index in [1.54, 1.807) is 29.7 Å². The molecule has 7 heteroatoms. The number of nitrogens with zero attached hydrogens (tertiary/aromatic N) is 2. The van der Waals surface area contributed by atoms with Gasteiger partial charge in [0, 0.05) is 17.6 Å². The molecule has 2 heterocycles. The maximum Gasteiger partial charge on any atom is 0.355 e. The number of carbonyl (C=O) groups is 2. The first-order chi connectivity index (χ1) is 15.8. The van der Waals surface area contributed by atoms with E-state index in [1.165, 1.54) is 12.1 Å². The highest BCUT2D eigenvalue weighted by Gasteiger charge is 2.21. The van der Waals surface area contributed by atoms with Gasteiger partial charge in [-0.1, -0.05) is 17.7 Å². The monoisotopic (exact) mass is 447 g/mol. The fraction of sp³-hybridized carbons (Fsp3) is 0.231. The molecule has 0 atom stereocenters. The van der Waals surface area contributed by atoms with Crippen LogP contribution in [-0.2, 0) is 16.1 Å². The molecule has 0 saturated heterocycles. The normalized spacial score (nSPS) is 11.1. The van der Waals surface area contributed by atoms with Crippen LogP contribution in [-0.4, -0.2) is 27.6 Å². The van der Waals surface area contributed by atoms with Crippen molar-refractivity contribution < 1.29 is 18.7 Å². The van der Waals surface area contributed by atoms with Gasteiger partial charge in [0.15, 0.2) is 0 Å². The minimum absolute atomic E-state index is 0.0577. The largest absolute Gasteiger partial charge is 0.461 e. The van der Waals surface area contributed by atoms with Gasteiger partial charge in [-0.15, -0.1) is 0 Å². The number of hydrogen-bond acceptors (Lipinski definition) is 3. The maximum atomic E-state index is 13.4. The van der Waals surface area contributed by atoms with Crippen molar-refractivity contribution in [1.82, 2.24) is 9.13 Å². The summed E-state index contributed by atoms with van der Waals surface area (Å²) in [5.41, 5.74) is 6.31. The highest BCUT2D eigenvalue weighted by molar-refractivity contribution is 5.98. The fourth-order valence-electron chi connectivity index (χ4n) is 4.21. The number of esters is 1. The highest BCUT2D eigenvalue weighted by Crippen LogP contribution is 2.26. The van der Waals surface area contributed by atoms with Crippen molar-refractivity contribution in [3.8, 4) is 5.69 Å². The number of rotatable bonds is 6. The van der Waals surface area contributed by atoms with Gasteiger partial charge < -0.3 is 19.2 Å². The third kappa shape index (κ3) is 4.39. The van der Waals surface area contributed by atoms with Gasteiger partial charge in [-0.25, -0.2) is 9.18 Å². The third-order valence-corrected chi connectivity index (χ3v) is 5.59. The van der Waals surface area contributed by atoms with Crippen molar-refractivity contribution in [2.24, 2.45) is 0 Å². The molecule has 0 radical (unpaired) electrons. The zero-order valence-electron chi connectivity index (χ0n) is 19.1. The number of fused-ring (bicyclic) bond motifs is 1. The van der Waals surface area contributed by atoms with E-state index >= 15 is 0 Å². The summed E-state index contributed by atoms with van der Waals surface area (Å²) in [6.45, 7) is 7.82. The van der Waals surface area contributed by atoms with Crippen LogP contribution < -0.4 is 5.32 Å². The first-order valence-electron chi connectivity index (χ1n) is 10.8. The van der Waals surface area contributed by atoms with Crippen LogP contribution in [0.5, 0.6) is 0 Å². The van der Waals surface area contributed by atoms with Gasteiger partial charge in [0.2, 0.25) is 5.91 Å². The molecular weight excluding hydrogens is 421 g/mol. The predicted octanol–water partition coefficient (Wildman–Crippen LogP) is 5.31. The van der Waals surface area contributed by atoms with E-state index in [2.05, 4.69) is 5.32 Å². The van der Waals surface area contributed by atoms with Gasteiger partial charge in [-0.2, -0.15) is 0 Å². The fourth-order valence-corrected chi connectivity index (χ4v) is 4.21. The molecule has 0 aliphatic carbocycles. The van der Waals surface area contributed by atoms with Crippen LogP contribution in [0.1, 0.15) is 34.1 Å². The Kier molecular flexibility index (Phi) is 6.05. The number of aryl methyl sites for hydroxylation is 3. The lowest BCUT2D eigenvalue weighted by molar-refractivity contribution is -0.116. The number of aromatic nitrogens is 2. The Balaban J connectivity index is 1.72. The second-order valence-corrected chi connectivity index (χ2v) is 8.09. The minimum atomic E-state index is -0.505. The molecule has 0 bridgehead atoms. The summed E-state index contributed by atoms with van der Waals surface area (Å²) >= 11 is 0. The van der Waals surface area contributed by atoms with E-state index in [0.29, 0.717) is 5.52 Å². The summed E-state index contributed by atoms with van der Waals surface area (Å²) < 4.78 is 22.1. The van der Waals surface area contributed by atoms with Crippen LogP contribution in [0.15, 0.2) is 54.7 Å². The van der Waals surface area contributed by atoms with Gasteiger partial charge in [-0.05, 0) is 75.2 Å². The zero-order valence-corrected chi connectivity index (χ0v) is 19.1. The first kappa shape index (κ1) is 22.3. The number of halogens is 1. The summed E-state index contributed by atoms with van der Waals surface area (Å²) in [6.07, 6.45) is 1.83. The topological polar surface area (TPSA) is 65.3 Å². The number of anilines is 1. The summed E-state index contributed by atoms with van der Waals surface area (Å²) in [5, 5.41) is 2.99. The summed E-state index contributed by atoms with van der Waals surface area (Å²) in [5.74, 6) is -1.08. The number of nitrogens with one attached hydrogen (secondary N) is 1. The standard InChI is InChI=1S/C26H26FN3O3/c1-5-33-26(32)23-14-22-21(10-11-29(22)20-8-6-19(27)7-9-20)30(23)15-24(31)28-25-17(3)12-16(2)13-18(25)4/h6-14H,5,15H2,1-4H3,(H,28,31). The first-order valence-corrected chi connectivity index (χ1v) is 10.8. The average Bonchev–Trinajstić information content (AvgIpc) is 3.32. The highest BCUT2D eigenvalue weighted by atomic mass is 19.1. The Bertz CT molecular complexity index is 1330. The van der Waals surface area contributed by atoms with Gasteiger partial charge in [0.1, 0.15) is 18.1 Å². The van der Waals surface area contributed by atoms with Gasteiger partial charge in [-0.3, -0.25) is 4.79 Å². The van der Waals surface area contributed by atoms with Crippen LogP contribution in [0.25, 0.3) is 16.7 Å². The van der Waals surface area contributed by atoms with Crippen molar-refractivity contribution in [3.63, 3.8) is 0 Å². The second-order valence-electron chi connectivity index (χ2n) is 8.09. The van der Waals surface area contributed by atoms with Crippen molar-refractivity contribution in [1.29, 1.82) is 0 Å². The molecule has 2 aromatic carbocycles. The van der Waals surface area contributed by atoms with Crippen LogP contribution in [0.3, 0.4) is 0 Å². The third-order valence-electron chi connectivity index (χ3n) is 5.59. The lowest BCUT2D eigenvalue weighted by Gasteiger charge is -2.14. The number of amides is 1. The van der Waals surface area contributed by atoms with Crippen molar-refractivity contribution in [2.75, 3.05) is 11.9 Å². The van der Waals surface area contributed by atoms with Gasteiger partial charge >= 0.3 is 5.97 Å². The molecular formula is C26H26FN3O3. The van der Waals surface area contributed by atoms with E-state index in [1.807, 2.05) is 49.7 Å². The van der Waals surface area contributed by atoms with Crippen LogP contribution >= 0.6 is 0 Å². The van der Waals surface area contributed by atoms with Crippen LogP contribution in [0.2, 0.25) is 0 Å². The summed E-state index contributed by atoms with van der Waals surface area (Å²) in [4.78, 5) is 25.7. The minimum Gasteiger partial charge on any atom is -0.461 e. The Hall–Kier alpha value is -3.87. The molecule has 1 amide bonds. The van der Waals surface area contributed by atoms with Crippen molar-refractivity contribution in [2.45, 2.75) is 34.2 Å². The molecule has 0 fully saturated rings. The zero-order chi connectivity index (χ0) is 23.7. The Morgan fingerprint density at radius 1 is 0.970 bits per heavy atom. The molecule has 0 spiro atoms. The van der Waals surface area contributed by atoms with Crippen molar-refractivity contribution in [3.05, 3.63) is 82.9 Å². The van der Waals surface area contributed by atoms with E-state index in [4.69, 9.17) is 4.74 Å². The summed E-state index contributed by atoms with van der Waals surface area (Å²) in [7, 11) is 0. The smallest absolute Gasteiger partial charge is 0.355 e. The van der Waals surface area contributed by atoms with E-state index in [9.17, 15) is 14.0 Å². The maximum absolute atomic E-state index is 13.4. The Morgan fingerprint density at radius 2 is 1.64 bits per heavy atom. The van der Waals surface area contributed by atoms with E-state index in [0.717, 1.165) is 33.6 Å². The van der Waals surface area contributed by atoms with E-state index in [-0.39, 0.29) is 30.6 Å². The van der Waals surface area contributed by atoms with Crippen molar-refractivity contribution >= 4 is 28.6 Å².